The maximum absolute atomic E-state index is 13.3. The van der Waals surface area contributed by atoms with E-state index in [9.17, 15) is 14.0 Å². The summed E-state index contributed by atoms with van der Waals surface area (Å²) in [5.41, 5.74) is 5.28. The fourth-order valence-corrected chi connectivity index (χ4v) is 3.88. The molecule has 0 aromatic heterocycles. The number of amides is 2. The zero-order chi connectivity index (χ0) is 25.9. The van der Waals surface area contributed by atoms with Crippen molar-refractivity contribution in [1.29, 1.82) is 0 Å². The van der Waals surface area contributed by atoms with Crippen LogP contribution < -0.4 is 15.5 Å². The number of benzene rings is 3. The van der Waals surface area contributed by atoms with E-state index in [0.717, 1.165) is 52.9 Å². The van der Waals surface area contributed by atoms with Crippen molar-refractivity contribution in [1.82, 2.24) is 5.32 Å². The van der Waals surface area contributed by atoms with Gasteiger partial charge in [-0.2, -0.15) is 0 Å². The maximum Gasteiger partial charge on any atom is 0.321 e. The van der Waals surface area contributed by atoms with Gasteiger partial charge >= 0.3 is 12.0 Å². The molecule has 190 valence electrons. The minimum atomic E-state index is -0.844. The van der Waals surface area contributed by atoms with Crippen LogP contribution in [0.4, 0.5) is 20.6 Å². The van der Waals surface area contributed by atoms with Crippen molar-refractivity contribution >= 4 is 23.4 Å². The first-order chi connectivity index (χ1) is 17.4. The highest BCUT2D eigenvalue weighted by atomic mass is 19.1. The zero-order valence-electron chi connectivity index (χ0n) is 20.9. The summed E-state index contributed by atoms with van der Waals surface area (Å²) in [5.74, 6) is -1.13. The Hall–Kier alpha value is -3.87. The molecular weight excluding hydrogens is 457 g/mol. The molecule has 0 aliphatic carbocycles. The third kappa shape index (κ3) is 7.83. The van der Waals surface area contributed by atoms with Crippen LogP contribution in [-0.2, 0) is 17.8 Å². The van der Waals surface area contributed by atoms with Crippen molar-refractivity contribution in [3.05, 3.63) is 83.7 Å². The van der Waals surface area contributed by atoms with Gasteiger partial charge in [0, 0.05) is 43.5 Å². The van der Waals surface area contributed by atoms with Crippen molar-refractivity contribution in [2.45, 2.75) is 45.6 Å². The van der Waals surface area contributed by atoms with E-state index >= 15 is 0 Å². The average Bonchev–Trinajstić information content (AvgIpc) is 2.89. The number of halogens is 1. The number of rotatable bonds is 12. The van der Waals surface area contributed by atoms with Crippen molar-refractivity contribution in [3.63, 3.8) is 0 Å². The summed E-state index contributed by atoms with van der Waals surface area (Å²) >= 11 is 0. The highest BCUT2D eigenvalue weighted by molar-refractivity contribution is 5.92. The molecule has 0 heterocycles. The Bertz CT molecular complexity index is 1160. The molecular formula is C29H34FN3O3. The number of hydrogen-bond donors (Lipinski definition) is 3. The number of aryl methyl sites for hydroxylation is 1. The molecule has 0 aliphatic rings. The van der Waals surface area contributed by atoms with E-state index in [1.807, 2.05) is 42.5 Å². The molecule has 0 aliphatic heterocycles. The third-order valence-corrected chi connectivity index (χ3v) is 6.01. The monoisotopic (exact) mass is 491 g/mol. The van der Waals surface area contributed by atoms with Crippen LogP contribution in [0.5, 0.6) is 0 Å². The molecule has 3 N–H and O–H groups in total. The Morgan fingerprint density at radius 3 is 2.44 bits per heavy atom. The highest BCUT2D eigenvalue weighted by Crippen LogP contribution is 2.32. The number of carboxylic acid groups (broad SMARTS) is 1. The van der Waals surface area contributed by atoms with Crippen LogP contribution >= 0.6 is 0 Å². The van der Waals surface area contributed by atoms with Gasteiger partial charge in [-0.05, 0) is 59.9 Å². The lowest BCUT2D eigenvalue weighted by Crippen LogP contribution is -2.37. The molecule has 2 amide bonds. The van der Waals surface area contributed by atoms with E-state index in [2.05, 4.69) is 17.6 Å². The zero-order valence-corrected chi connectivity index (χ0v) is 20.9. The lowest BCUT2D eigenvalue weighted by molar-refractivity contribution is -0.136. The largest absolute Gasteiger partial charge is 0.481 e. The number of carboxylic acids is 1. The molecule has 0 radical (unpaired) electrons. The number of nitrogens with one attached hydrogen (secondary N) is 2. The van der Waals surface area contributed by atoms with Gasteiger partial charge in [0.25, 0.3) is 0 Å². The number of hydrogen-bond acceptors (Lipinski definition) is 3. The lowest BCUT2D eigenvalue weighted by Gasteiger charge is -2.20. The van der Waals surface area contributed by atoms with Gasteiger partial charge < -0.3 is 15.7 Å². The quantitative estimate of drug-likeness (QED) is 0.254. The van der Waals surface area contributed by atoms with Gasteiger partial charge in [0.05, 0.1) is 0 Å². The topological polar surface area (TPSA) is 81.7 Å². The number of carbonyl (C=O) groups excluding carboxylic acids is 1. The van der Waals surface area contributed by atoms with E-state index in [4.69, 9.17) is 5.11 Å². The van der Waals surface area contributed by atoms with Crippen LogP contribution in [0.1, 0.15) is 43.7 Å². The Labute approximate surface area is 212 Å². The van der Waals surface area contributed by atoms with Gasteiger partial charge in [0.15, 0.2) is 0 Å². The second-order valence-electron chi connectivity index (χ2n) is 8.80. The molecule has 0 bridgehead atoms. The molecule has 0 saturated heterocycles. The minimum Gasteiger partial charge on any atom is -0.481 e. The lowest BCUT2D eigenvalue weighted by atomic mass is 9.98. The van der Waals surface area contributed by atoms with Crippen molar-refractivity contribution in [3.8, 4) is 11.1 Å². The summed E-state index contributed by atoms with van der Waals surface area (Å²) in [7, 11) is 1.75. The fraction of sp³-hybridized carbons (Fsp3) is 0.310. The van der Waals surface area contributed by atoms with Crippen LogP contribution in [0.15, 0.2) is 66.7 Å². The molecule has 3 aromatic carbocycles. The fourth-order valence-electron chi connectivity index (χ4n) is 3.88. The Kier molecular flexibility index (Phi) is 9.86. The Morgan fingerprint density at radius 1 is 0.972 bits per heavy atom. The van der Waals surface area contributed by atoms with Crippen LogP contribution in [0.2, 0.25) is 0 Å². The standard InChI is InChI=1S/C29H34FN3O3/c1-3-4-5-17-31-29(36)33(2)25-8-6-7-23(19-25)26-15-11-21(12-16-28(34)35)18-27(26)32-20-22-9-13-24(30)14-10-22/h6-11,13-15,18-19,32H,3-5,12,16-17,20H2,1-2H3,(H,31,36)(H,34,35). The molecule has 3 rings (SSSR count). The molecule has 0 spiro atoms. The normalized spacial score (nSPS) is 10.6. The minimum absolute atomic E-state index is 0.0460. The number of aliphatic carboxylic acids is 1. The Morgan fingerprint density at radius 2 is 1.72 bits per heavy atom. The van der Waals surface area contributed by atoms with E-state index in [0.29, 0.717) is 19.5 Å². The van der Waals surface area contributed by atoms with E-state index < -0.39 is 5.97 Å². The molecule has 3 aromatic rings. The van der Waals surface area contributed by atoms with Gasteiger partial charge in [-0.25, -0.2) is 9.18 Å². The summed E-state index contributed by atoms with van der Waals surface area (Å²) in [6, 6.07) is 19.7. The molecule has 7 heteroatoms. The summed E-state index contributed by atoms with van der Waals surface area (Å²) in [5, 5.41) is 15.5. The number of urea groups is 1. The van der Waals surface area contributed by atoms with E-state index in [-0.39, 0.29) is 18.3 Å². The van der Waals surface area contributed by atoms with Crippen LogP contribution in [-0.4, -0.2) is 30.7 Å². The van der Waals surface area contributed by atoms with Gasteiger partial charge in [-0.1, -0.05) is 56.2 Å². The van der Waals surface area contributed by atoms with Crippen molar-refractivity contribution in [2.75, 3.05) is 23.8 Å². The SMILES string of the molecule is CCCCCNC(=O)N(C)c1cccc(-c2ccc(CCC(=O)O)cc2NCc2ccc(F)cc2)c1. The summed E-state index contributed by atoms with van der Waals surface area (Å²) < 4.78 is 13.3. The van der Waals surface area contributed by atoms with Crippen LogP contribution in [0.25, 0.3) is 11.1 Å². The van der Waals surface area contributed by atoms with Crippen molar-refractivity contribution in [2.24, 2.45) is 0 Å². The van der Waals surface area contributed by atoms with Crippen molar-refractivity contribution < 1.29 is 19.1 Å². The smallest absolute Gasteiger partial charge is 0.321 e. The van der Waals surface area contributed by atoms with Gasteiger partial charge in [-0.3, -0.25) is 9.69 Å². The number of carbonyl (C=O) groups is 2. The van der Waals surface area contributed by atoms with Crippen LogP contribution in [0.3, 0.4) is 0 Å². The predicted octanol–water partition coefficient (Wildman–Crippen LogP) is 6.46. The number of nitrogens with zero attached hydrogens (tertiary/aromatic N) is 1. The molecule has 6 nitrogen and oxygen atoms in total. The molecule has 36 heavy (non-hydrogen) atoms. The van der Waals surface area contributed by atoms with E-state index in [1.165, 1.54) is 12.1 Å². The van der Waals surface area contributed by atoms with Gasteiger partial charge in [-0.15, -0.1) is 0 Å². The molecule has 0 saturated carbocycles. The predicted molar refractivity (Wildman–Crippen MR) is 143 cm³/mol. The van der Waals surface area contributed by atoms with Gasteiger partial charge in [0.2, 0.25) is 0 Å². The maximum atomic E-state index is 13.3. The highest BCUT2D eigenvalue weighted by Gasteiger charge is 2.13. The van der Waals surface area contributed by atoms with Gasteiger partial charge in [0.1, 0.15) is 5.82 Å². The van der Waals surface area contributed by atoms with E-state index in [1.54, 1.807) is 24.1 Å². The van der Waals surface area contributed by atoms with Crippen LogP contribution in [0, 0.1) is 5.82 Å². The summed E-state index contributed by atoms with van der Waals surface area (Å²) in [6.07, 6.45) is 3.59. The third-order valence-electron chi connectivity index (χ3n) is 6.01. The first-order valence-electron chi connectivity index (χ1n) is 12.3. The number of anilines is 2. The number of unbranched alkanes of at least 4 members (excludes halogenated alkanes) is 2. The second kappa shape index (κ2) is 13.3. The first kappa shape index (κ1) is 26.7. The first-order valence-corrected chi connectivity index (χ1v) is 12.3. The molecule has 0 fully saturated rings. The Balaban J connectivity index is 1.84. The molecule has 0 unspecified atom stereocenters. The summed E-state index contributed by atoms with van der Waals surface area (Å²) in [4.78, 5) is 25.3. The second-order valence-corrected chi connectivity index (χ2v) is 8.80. The average molecular weight is 492 g/mol. The molecule has 0 atom stereocenters. The summed E-state index contributed by atoms with van der Waals surface area (Å²) in [6.45, 7) is 3.25.